The highest BCUT2D eigenvalue weighted by molar-refractivity contribution is 5.96. The maximum Gasteiger partial charge on any atom is 0.253 e. The maximum atomic E-state index is 12.8. The van der Waals surface area contributed by atoms with Crippen molar-refractivity contribution in [1.29, 1.82) is 0 Å². The Bertz CT molecular complexity index is 878. The quantitative estimate of drug-likeness (QED) is 0.843. The van der Waals surface area contributed by atoms with Gasteiger partial charge in [-0.25, -0.2) is 0 Å². The number of Topliss-reactive ketones (excluding diaryl/α,β-unsaturated/α-hetero) is 1. The van der Waals surface area contributed by atoms with Gasteiger partial charge in [0.1, 0.15) is 0 Å². The van der Waals surface area contributed by atoms with Gasteiger partial charge in [0.2, 0.25) is 0 Å². The van der Waals surface area contributed by atoms with Crippen LogP contribution in [0, 0.1) is 19.8 Å². The number of aliphatic hydroxyl groups is 1. The van der Waals surface area contributed by atoms with E-state index in [0.717, 1.165) is 22.6 Å². The fourth-order valence-corrected chi connectivity index (χ4v) is 3.86. The smallest absolute Gasteiger partial charge is 0.253 e. The van der Waals surface area contributed by atoms with E-state index in [9.17, 15) is 14.7 Å². The number of likely N-dealkylation sites (tertiary alicyclic amines) is 1. The zero-order valence-electron chi connectivity index (χ0n) is 16.7. The van der Waals surface area contributed by atoms with E-state index >= 15 is 0 Å². The second-order valence-corrected chi connectivity index (χ2v) is 7.98. The molecule has 0 radical (unpaired) electrons. The fraction of sp³-hybridized carbons (Fsp3) is 0.455. The van der Waals surface area contributed by atoms with Crippen molar-refractivity contribution in [2.24, 2.45) is 5.92 Å². The minimum absolute atomic E-state index is 0.00530. The predicted molar refractivity (Wildman–Crippen MR) is 106 cm³/mol. The van der Waals surface area contributed by atoms with Crippen LogP contribution in [-0.4, -0.2) is 45.0 Å². The van der Waals surface area contributed by atoms with Crippen molar-refractivity contribution < 1.29 is 14.7 Å². The van der Waals surface area contributed by atoms with Gasteiger partial charge in [-0.05, 0) is 64.4 Å². The van der Waals surface area contributed by atoms with Crippen LogP contribution in [0.15, 0.2) is 30.3 Å². The lowest BCUT2D eigenvalue weighted by molar-refractivity contribution is -0.0439. The summed E-state index contributed by atoms with van der Waals surface area (Å²) in [7, 11) is 0. The minimum atomic E-state index is -0.710. The van der Waals surface area contributed by atoms with Crippen LogP contribution in [0.3, 0.4) is 0 Å². The molecule has 2 heterocycles. The summed E-state index contributed by atoms with van der Waals surface area (Å²) in [6.45, 7) is 10.4. The highest BCUT2D eigenvalue weighted by atomic mass is 16.3. The Morgan fingerprint density at radius 3 is 2.33 bits per heavy atom. The molecule has 0 spiro atoms. The summed E-state index contributed by atoms with van der Waals surface area (Å²) < 4.78 is 2.03. The topological polar surface area (TPSA) is 62.5 Å². The molecule has 0 aliphatic carbocycles. The number of piperidine rings is 1. The largest absolute Gasteiger partial charge is 0.390 e. The van der Waals surface area contributed by atoms with E-state index in [1.54, 1.807) is 6.92 Å². The van der Waals surface area contributed by atoms with Gasteiger partial charge in [0, 0.05) is 47.2 Å². The molecule has 1 aromatic carbocycles. The molecule has 5 nitrogen and oxygen atoms in total. The molecule has 1 aromatic heterocycles. The molecule has 2 aromatic rings. The van der Waals surface area contributed by atoms with Gasteiger partial charge in [-0.3, -0.25) is 9.59 Å². The number of rotatable bonds is 3. The molecule has 27 heavy (non-hydrogen) atoms. The summed E-state index contributed by atoms with van der Waals surface area (Å²) in [6.07, 6.45) is 0.591. The van der Waals surface area contributed by atoms with Crippen molar-refractivity contribution in [3.05, 3.63) is 52.8 Å². The second kappa shape index (κ2) is 6.97. The van der Waals surface area contributed by atoms with E-state index in [4.69, 9.17) is 0 Å². The van der Waals surface area contributed by atoms with Crippen molar-refractivity contribution in [3.63, 3.8) is 0 Å². The van der Waals surface area contributed by atoms with Gasteiger partial charge in [0.25, 0.3) is 5.91 Å². The Morgan fingerprint density at radius 1 is 1.19 bits per heavy atom. The van der Waals surface area contributed by atoms with Gasteiger partial charge in [0.05, 0.1) is 5.60 Å². The van der Waals surface area contributed by atoms with E-state index in [1.807, 2.05) is 67.5 Å². The number of hydrogen-bond donors (Lipinski definition) is 1. The first-order chi connectivity index (χ1) is 12.6. The number of aryl methyl sites for hydroxylation is 1. The number of nitrogens with zero attached hydrogens (tertiary/aromatic N) is 2. The highest BCUT2D eigenvalue weighted by Crippen LogP contribution is 2.28. The van der Waals surface area contributed by atoms with Crippen molar-refractivity contribution in [1.82, 2.24) is 9.47 Å². The Kier molecular flexibility index (Phi) is 5.00. The van der Waals surface area contributed by atoms with Crippen LogP contribution in [0.1, 0.15) is 59.3 Å². The van der Waals surface area contributed by atoms with Gasteiger partial charge in [-0.2, -0.15) is 0 Å². The van der Waals surface area contributed by atoms with Gasteiger partial charge in [-0.1, -0.05) is 6.92 Å². The first-order valence-corrected chi connectivity index (χ1v) is 9.44. The van der Waals surface area contributed by atoms with Gasteiger partial charge >= 0.3 is 0 Å². The molecule has 1 N–H and O–H groups in total. The normalized spacial score (nSPS) is 22.7. The summed E-state index contributed by atoms with van der Waals surface area (Å²) in [5, 5.41) is 10.3. The number of carbonyl (C=O) groups excluding carboxylic acids is 2. The molecule has 144 valence electrons. The summed E-state index contributed by atoms with van der Waals surface area (Å²) in [5.74, 6) is 0.0928. The third-order valence-corrected chi connectivity index (χ3v) is 5.91. The van der Waals surface area contributed by atoms with E-state index in [2.05, 4.69) is 0 Å². The molecule has 0 saturated carbocycles. The number of aromatic nitrogens is 1. The zero-order chi connectivity index (χ0) is 19.9. The van der Waals surface area contributed by atoms with E-state index < -0.39 is 5.60 Å². The molecule has 0 bridgehead atoms. The maximum absolute atomic E-state index is 12.8. The lowest BCUT2D eigenvalue weighted by Gasteiger charge is -2.41. The number of ketones is 1. The van der Waals surface area contributed by atoms with Gasteiger partial charge in [-0.15, -0.1) is 0 Å². The van der Waals surface area contributed by atoms with Crippen LogP contribution in [0.4, 0.5) is 0 Å². The molecule has 5 heteroatoms. The van der Waals surface area contributed by atoms with Crippen molar-refractivity contribution in [3.8, 4) is 5.69 Å². The van der Waals surface area contributed by atoms with E-state index in [0.29, 0.717) is 25.1 Å². The second-order valence-electron chi connectivity index (χ2n) is 7.98. The molecule has 0 unspecified atom stereocenters. The van der Waals surface area contributed by atoms with Crippen LogP contribution in [0.2, 0.25) is 0 Å². The number of benzene rings is 1. The molecule has 1 amide bonds. The van der Waals surface area contributed by atoms with Crippen LogP contribution in [0.25, 0.3) is 5.69 Å². The Labute approximate surface area is 160 Å². The SMILES string of the molecule is CC(=O)c1cc(C)n(-c2ccc(C(=O)N3CC[C@](C)(O)[C@H](C)C3)cc2)c1C. The number of hydrogen-bond acceptors (Lipinski definition) is 3. The minimum Gasteiger partial charge on any atom is -0.390 e. The van der Waals surface area contributed by atoms with Crippen LogP contribution < -0.4 is 0 Å². The summed E-state index contributed by atoms with van der Waals surface area (Å²) >= 11 is 0. The number of amides is 1. The van der Waals surface area contributed by atoms with Crippen molar-refractivity contribution in [2.45, 2.75) is 46.6 Å². The molecule has 1 fully saturated rings. The fourth-order valence-electron chi connectivity index (χ4n) is 3.86. The van der Waals surface area contributed by atoms with Crippen LogP contribution in [-0.2, 0) is 0 Å². The lowest BCUT2D eigenvalue weighted by Crippen LogP contribution is -2.50. The average Bonchev–Trinajstić information content (AvgIpc) is 2.91. The third kappa shape index (κ3) is 3.56. The van der Waals surface area contributed by atoms with E-state index in [-0.39, 0.29) is 17.6 Å². The molecular formula is C22H28N2O3. The van der Waals surface area contributed by atoms with Gasteiger partial charge < -0.3 is 14.6 Å². The summed E-state index contributed by atoms with van der Waals surface area (Å²) in [6, 6.07) is 9.40. The lowest BCUT2D eigenvalue weighted by atomic mass is 9.84. The zero-order valence-corrected chi connectivity index (χ0v) is 16.7. The monoisotopic (exact) mass is 368 g/mol. The Morgan fingerprint density at radius 2 is 1.81 bits per heavy atom. The average molecular weight is 368 g/mol. The first-order valence-electron chi connectivity index (χ1n) is 9.44. The molecule has 1 aliphatic rings. The molecule has 1 aliphatic heterocycles. The predicted octanol–water partition coefficient (Wildman–Crippen LogP) is 3.53. The van der Waals surface area contributed by atoms with Crippen LogP contribution in [0.5, 0.6) is 0 Å². The Balaban J connectivity index is 1.82. The summed E-state index contributed by atoms with van der Waals surface area (Å²) in [4.78, 5) is 26.4. The molecular weight excluding hydrogens is 340 g/mol. The number of carbonyl (C=O) groups is 2. The first kappa shape index (κ1) is 19.4. The molecule has 2 atom stereocenters. The summed E-state index contributed by atoms with van der Waals surface area (Å²) in [5.41, 5.74) is 3.49. The van der Waals surface area contributed by atoms with Gasteiger partial charge in [0.15, 0.2) is 5.78 Å². The standard InChI is InChI=1S/C22H28N2O3/c1-14-13-23(11-10-22(14,5)27)21(26)18-6-8-19(9-7-18)24-15(2)12-20(16(24)3)17(4)25/h6-9,12,14,27H,10-11,13H2,1-5H3/t14-,22+/m1/s1. The van der Waals surface area contributed by atoms with Crippen molar-refractivity contribution >= 4 is 11.7 Å². The van der Waals surface area contributed by atoms with Crippen molar-refractivity contribution in [2.75, 3.05) is 13.1 Å². The van der Waals surface area contributed by atoms with E-state index in [1.165, 1.54) is 0 Å². The third-order valence-electron chi connectivity index (χ3n) is 5.91. The Hall–Kier alpha value is -2.40. The molecule has 1 saturated heterocycles. The van der Waals surface area contributed by atoms with Crippen LogP contribution >= 0.6 is 0 Å². The highest BCUT2D eigenvalue weighted by Gasteiger charge is 2.36. The molecule has 3 rings (SSSR count).